The molecule has 0 spiro atoms. The van der Waals surface area contributed by atoms with Gasteiger partial charge in [-0.05, 0) is 153 Å². The molecule has 0 amide bonds. The Hall–Kier alpha value is -7.94. The van der Waals surface area contributed by atoms with Crippen LogP contribution in [0.3, 0.4) is 0 Å². The Labute approximate surface area is 356 Å². The van der Waals surface area contributed by atoms with Crippen LogP contribution in [-0.4, -0.2) is 9.13 Å². The van der Waals surface area contributed by atoms with E-state index in [9.17, 15) is 0 Å². The molecule has 11 rings (SSSR count). The summed E-state index contributed by atoms with van der Waals surface area (Å²) < 4.78 is 4.70. The van der Waals surface area contributed by atoms with E-state index in [0.29, 0.717) is 0 Å². The summed E-state index contributed by atoms with van der Waals surface area (Å²) in [6.45, 7) is 6.36. The minimum absolute atomic E-state index is 1.12. The number of rotatable bonds is 8. The average molecular weight is 779 g/mol. The van der Waals surface area contributed by atoms with Gasteiger partial charge in [0.1, 0.15) is 0 Å². The fourth-order valence-corrected chi connectivity index (χ4v) is 9.27. The quantitative estimate of drug-likeness (QED) is 0.145. The minimum atomic E-state index is 1.12. The third-order valence-electron chi connectivity index (χ3n) is 12.3. The molecule has 61 heavy (non-hydrogen) atoms. The van der Waals surface area contributed by atoms with Crippen LogP contribution in [0.15, 0.2) is 225 Å². The number of aromatic nitrogens is 2. The van der Waals surface area contributed by atoms with E-state index < -0.39 is 0 Å². The largest absolute Gasteiger partial charge is 0.310 e. The molecule has 2 nitrogen and oxygen atoms in total. The van der Waals surface area contributed by atoms with Gasteiger partial charge in [0.15, 0.2) is 0 Å². The van der Waals surface area contributed by atoms with Crippen molar-refractivity contribution in [2.24, 2.45) is 0 Å². The van der Waals surface area contributed by atoms with Crippen molar-refractivity contribution in [1.82, 2.24) is 9.13 Å². The molecule has 0 saturated heterocycles. The maximum Gasteiger partial charge on any atom is 0.0541 e. The molecule has 0 fully saturated rings. The number of para-hydroxylation sites is 3. The third kappa shape index (κ3) is 6.37. The molecule has 0 bridgehead atoms. The van der Waals surface area contributed by atoms with E-state index in [-0.39, 0.29) is 0 Å². The lowest BCUT2D eigenvalue weighted by Crippen LogP contribution is -1.97. The van der Waals surface area contributed by atoms with Crippen LogP contribution in [0.4, 0.5) is 0 Å². The highest BCUT2D eigenvalue weighted by atomic mass is 15.0. The van der Waals surface area contributed by atoms with Gasteiger partial charge in [-0.1, -0.05) is 146 Å². The van der Waals surface area contributed by atoms with Gasteiger partial charge in [0.2, 0.25) is 0 Å². The van der Waals surface area contributed by atoms with E-state index >= 15 is 0 Å². The van der Waals surface area contributed by atoms with Crippen LogP contribution in [0.5, 0.6) is 0 Å². The molecule has 0 aliphatic carbocycles. The van der Waals surface area contributed by atoms with Crippen LogP contribution in [-0.2, 0) is 0 Å². The van der Waals surface area contributed by atoms with Crippen LogP contribution < -0.4 is 0 Å². The van der Waals surface area contributed by atoms with E-state index in [1.54, 1.807) is 0 Å². The van der Waals surface area contributed by atoms with Crippen molar-refractivity contribution < 1.29 is 0 Å². The van der Waals surface area contributed by atoms with Gasteiger partial charge in [-0.2, -0.15) is 0 Å². The molecular weight excluding hydrogens is 737 g/mol. The van der Waals surface area contributed by atoms with E-state index in [0.717, 1.165) is 22.6 Å². The van der Waals surface area contributed by atoms with Crippen molar-refractivity contribution in [1.29, 1.82) is 0 Å². The van der Waals surface area contributed by atoms with Gasteiger partial charge in [0, 0.05) is 33.2 Å². The highest BCUT2D eigenvalue weighted by Gasteiger charge is 2.16. The zero-order valence-electron chi connectivity index (χ0n) is 34.0. The van der Waals surface area contributed by atoms with Crippen molar-refractivity contribution in [3.63, 3.8) is 0 Å². The molecule has 0 unspecified atom stereocenters. The highest BCUT2D eigenvalue weighted by Crippen LogP contribution is 2.39. The van der Waals surface area contributed by atoms with Gasteiger partial charge in [-0.15, -0.1) is 0 Å². The maximum atomic E-state index is 4.18. The van der Waals surface area contributed by atoms with Crippen LogP contribution in [0.1, 0.15) is 11.3 Å². The SMILES string of the molecule is C=Cc1c(C)c2ccccc2n1-c1ccc(-c2cc(-c3ccccc3)cc(-c3cc(-c4ccccc4)cc(-c4ccc(-n5c6ccccc6c6ccccc65)cc4)c3)c2)cc1. The van der Waals surface area contributed by atoms with E-state index in [4.69, 9.17) is 0 Å². The van der Waals surface area contributed by atoms with Crippen LogP contribution >= 0.6 is 0 Å². The Morgan fingerprint density at radius 3 is 1.03 bits per heavy atom. The van der Waals surface area contributed by atoms with E-state index in [1.807, 2.05) is 6.08 Å². The van der Waals surface area contributed by atoms with Crippen LogP contribution in [0.25, 0.3) is 106 Å². The standard InChI is InChI=1S/C59H42N2/c1-3-56-40(2)53-20-10-13-23-57(53)60(56)51-30-26-43(27-31-51)47-34-45(41-16-6-4-7-17-41)36-49(38-47)50-37-46(42-18-8-5-9-19-42)35-48(39-50)44-28-32-52(33-29-44)61-58-24-14-11-21-54(58)55-22-12-15-25-59(55)61/h3-39H,1H2,2H3. The fourth-order valence-electron chi connectivity index (χ4n) is 9.27. The van der Waals surface area contributed by atoms with Gasteiger partial charge < -0.3 is 9.13 Å². The highest BCUT2D eigenvalue weighted by molar-refractivity contribution is 6.09. The number of hydrogen-bond acceptors (Lipinski definition) is 0. The monoisotopic (exact) mass is 778 g/mol. The summed E-state index contributed by atoms with van der Waals surface area (Å²) in [6, 6.07) is 79.5. The summed E-state index contributed by atoms with van der Waals surface area (Å²) >= 11 is 0. The average Bonchev–Trinajstić information content (AvgIpc) is 3.83. The first-order valence-corrected chi connectivity index (χ1v) is 20.9. The molecule has 0 aliphatic heterocycles. The molecule has 288 valence electrons. The Balaban J connectivity index is 1.04. The predicted octanol–water partition coefficient (Wildman–Crippen LogP) is 16.0. The lowest BCUT2D eigenvalue weighted by atomic mass is 9.90. The van der Waals surface area contributed by atoms with Gasteiger partial charge in [0.25, 0.3) is 0 Å². The van der Waals surface area contributed by atoms with Crippen LogP contribution in [0, 0.1) is 6.92 Å². The normalized spacial score (nSPS) is 11.4. The summed E-state index contributed by atoms with van der Waals surface area (Å²) in [5.74, 6) is 0. The maximum absolute atomic E-state index is 4.18. The zero-order chi connectivity index (χ0) is 40.9. The van der Waals surface area contributed by atoms with Crippen molar-refractivity contribution in [2.45, 2.75) is 6.92 Å². The summed E-state index contributed by atoms with van der Waals surface area (Å²) in [7, 11) is 0. The molecule has 0 N–H and O–H groups in total. The molecular formula is C59H42N2. The molecule has 2 heterocycles. The summed E-state index contributed by atoms with van der Waals surface area (Å²) in [4.78, 5) is 0. The fraction of sp³-hybridized carbons (Fsp3) is 0.0169. The number of nitrogens with zero attached hydrogens (tertiary/aromatic N) is 2. The molecule has 2 heteroatoms. The molecule has 2 aromatic heterocycles. The first-order chi connectivity index (χ1) is 30.1. The van der Waals surface area contributed by atoms with Gasteiger partial charge in [-0.3, -0.25) is 0 Å². The summed E-state index contributed by atoms with van der Waals surface area (Å²) in [6.07, 6.45) is 1.97. The number of benzene rings is 9. The Morgan fingerprint density at radius 1 is 0.311 bits per heavy atom. The number of fused-ring (bicyclic) bond motifs is 4. The predicted molar refractivity (Wildman–Crippen MR) is 260 cm³/mol. The second kappa shape index (κ2) is 15.0. The smallest absolute Gasteiger partial charge is 0.0541 e. The van der Waals surface area contributed by atoms with Crippen LogP contribution in [0.2, 0.25) is 0 Å². The lowest BCUT2D eigenvalue weighted by Gasteiger charge is -2.15. The van der Waals surface area contributed by atoms with Gasteiger partial charge >= 0.3 is 0 Å². The first-order valence-electron chi connectivity index (χ1n) is 20.9. The van der Waals surface area contributed by atoms with Gasteiger partial charge in [0.05, 0.1) is 16.6 Å². The van der Waals surface area contributed by atoms with Crippen molar-refractivity contribution in [3.8, 4) is 67.0 Å². The van der Waals surface area contributed by atoms with Gasteiger partial charge in [-0.25, -0.2) is 0 Å². The number of hydrogen-bond donors (Lipinski definition) is 0. The number of aryl methyl sites for hydroxylation is 1. The summed E-state index contributed by atoms with van der Waals surface area (Å²) in [5.41, 5.74) is 20.0. The third-order valence-corrected chi connectivity index (χ3v) is 12.3. The topological polar surface area (TPSA) is 9.86 Å². The van der Waals surface area contributed by atoms with E-state index in [2.05, 4.69) is 241 Å². The molecule has 0 atom stereocenters. The molecule has 11 aromatic rings. The summed E-state index contributed by atoms with van der Waals surface area (Å²) in [5, 5.41) is 3.78. The molecule has 9 aromatic carbocycles. The van der Waals surface area contributed by atoms with Crippen molar-refractivity contribution >= 4 is 38.8 Å². The second-order valence-electron chi connectivity index (χ2n) is 15.9. The Bertz CT molecular complexity index is 3350. The Morgan fingerprint density at radius 2 is 0.623 bits per heavy atom. The molecule has 0 radical (unpaired) electrons. The minimum Gasteiger partial charge on any atom is -0.310 e. The van der Waals surface area contributed by atoms with Crippen molar-refractivity contribution in [3.05, 3.63) is 236 Å². The Kier molecular flexibility index (Phi) is 8.90. The molecule has 0 saturated carbocycles. The van der Waals surface area contributed by atoms with Crippen molar-refractivity contribution in [2.75, 3.05) is 0 Å². The second-order valence-corrected chi connectivity index (χ2v) is 15.9. The zero-order valence-corrected chi connectivity index (χ0v) is 34.0. The first kappa shape index (κ1) is 36.2. The van der Waals surface area contributed by atoms with E-state index in [1.165, 1.54) is 88.3 Å². The lowest BCUT2D eigenvalue weighted by molar-refractivity contribution is 1.10. The molecule has 0 aliphatic rings.